The van der Waals surface area contributed by atoms with Crippen molar-refractivity contribution < 1.29 is 17.9 Å². The van der Waals surface area contributed by atoms with E-state index in [0.29, 0.717) is 13.0 Å². The van der Waals surface area contributed by atoms with E-state index >= 15 is 0 Å². The number of amides is 1. The van der Waals surface area contributed by atoms with Crippen LogP contribution in [0.15, 0.2) is 0 Å². The third-order valence-corrected chi connectivity index (χ3v) is 3.27. The van der Waals surface area contributed by atoms with Gasteiger partial charge in [0, 0.05) is 19.0 Å². The number of nitrogens with zero attached hydrogens (tertiary/aromatic N) is 1. The third kappa shape index (κ3) is 5.53. The van der Waals surface area contributed by atoms with Crippen LogP contribution in [0.1, 0.15) is 20.3 Å². The molecular weight excluding hydrogens is 256 g/mol. The van der Waals surface area contributed by atoms with E-state index in [1.807, 2.05) is 6.92 Å². The first kappa shape index (κ1) is 15.5. The monoisotopic (exact) mass is 272 g/mol. The summed E-state index contributed by atoms with van der Waals surface area (Å²) in [6.07, 6.45) is -0.334. The molecule has 0 fully saturated rings. The fraction of sp³-hybridized carbons (Fsp3) is 0.875. The molecule has 0 rings (SSSR count). The van der Waals surface area contributed by atoms with Gasteiger partial charge in [0.05, 0.1) is 6.61 Å². The molecular formula is C8H17ClN2O4S. The Morgan fingerprint density at radius 3 is 2.44 bits per heavy atom. The number of ether oxygens (including phenoxy) is 1. The Kier molecular flexibility index (Phi) is 7.44. The first-order valence-corrected chi connectivity index (χ1v) is 6.96. The summed E-state index contributed by atoms with van der Waals surface area (Å²) in [4.78, 5) is 11.0. The number of hydrogen-bond acceptors (Lipinski definition) is 4. The van der Waals surface area contributed by atoms with Gasteiger partial charge in [-0.1, -0.05) is 6.92 Å². The molecule has 0 bridgehead atoms. The summed E-state index contributed by atoms with van der Waals surface area (Å²) in [5.41, 5.74) is 0. The molecule has 0 saturated carbocycles. The summed E-state index contributed by atoms with van der Waals surface area (Å²) >= 11 is 5.49. The molecule has 6 nitrogen and oxygen atoms in total. The van der Waals surface area contributed by atoms with E-state index in [2.05, 4.69) is 4.74 Å². The molecule has 8 heteroatoms. The van der Waals surface area contributed by atoms with Crippen molar-refractivity contribution in [2.75, 3.05) is 25.6 Å². The second-order valence-electron chi connectivity index (χ2n) is 2.92. The SMILES string of the molecule is CCCN(CCCl)S(=O)(=O)NC(=O)OCC. The molecule has 0 radical (unpaired) electrons. The summed E-state index contributed by atoms with van der Waals surface area (Å²) in [6, 6.07) is 0. The Hall–Kier alpha value is -0.530. The maximum absolute atomic E-state index is 11.7. The molecule has 0 aromatic rings. The highest BCUT2D eigenvalue weighted by molar-refractivity contribution is 7.87. The summed E-state index contributed by atoms with van der Waals surface area (Å²) in [5.74, 6) is 0.170. The predicted octanol–water partition coefficient (Wildman–Crippen LogP) is 0.928. The van der Waals surface area contributed by atoms with E-state index in [4.69, 9.17) is 11.6 Å². The summed E-state index contributed by atoms with van der Waals surface area (Å²) in [6.45, 7) is 4.01. The van der Waals surface area contributed by atoms with Crippen molar-refractivity contribution in [3.05, 3.63) is 0 Å². The van der Waals surface area contributed by atoms with Crippen molar-refractivity contribution in [1.82, 2.24) is 9.03 Å². The maximum atomic E-state index is 11.7. The van der Waals surface area contributed by atoms with E-state index in [0.717, 1.165) is 4.31 Å². The van der Waals surface area contributed by atoms with Gasteiger partial charge in [0.1, 0.15) is 0 Å². The Labute approximate surface area is 101 Å². The van der Waals surface area contributed by atoms with Gasteiger partial charge in [-0.15, -0.1) is 11.6 Å². The fourth-order valence-corrected chi connectivity index (χ4v) is 2.48. The molecule has 0 spiro atoms. The van der Waals surface area contributed by atoms with Crippen LogP contribution in [0.4, 0.5) is 4.79 Å². The smallest absolute Gasteiger partial charge is 0.421 e. The highest BCUT2D eigenvalue weighted by Crippen LogP contribution is 2.01. The van der Waals surface area contributed by atoms with Gasteiger partial charge < -0.3 is 4.74 Å². The predicted molar refractivity (Wildman–Crippen MR) is 61.7 cm³/mol. The average molecular weight is 273 g/mol. The molecule has 96 valence electrons. The molecule has 0 saturated heterocycles. The normalized spacial score (nSPS) is 11.5. The standard InChI is InChI=1S/C8H17ClN2O4S/c1-3-6-11(7-5-9)16(13,14)10-8(12)15-4-2/h3-7H2,1-2H3,(H,10,12). The molecule has 0 unspecified atom stereocenters. The molecule has 0 aliphatic rings. The minimum Gasteiger partial charge on any atom is -0.449 e. The molecule has 1 N–H and O–H groups in total. The zero-order chi connectivity index (χ0) is 12.6. The number of carbonyl (C=O) groups excluding carboxylic acids is 1. The highest BCUT2D eigenvalue weighted by Gasteiger charge is 2.23. The fourth-order valence-electron chi connectivity index (χ4n) is 1.03. The van der Waals surface area contributed by atoms with Gasteiger partial charge in [0.25, 0.3) is 0 Å². The Morgan fingerprint density at radius 2 is 2.00 bits per heavy atom. The largest absolute Gasteiger partial charge is 0.449 e. The minimum absolute atomic E-state index is 0.116. The lowest BCUT2D eigenvalue weighted by Gasteiger charge is -2.20. The van der Waals surface area contributed by atoms with E-state index in [-0.39, 0.29) is 19.0 Å². The van der Waals surface area contributed by atoms with Crippen molar-refractivity contribution in [3.8, 4) is 0 Å². The lowest BCUT2D eigenvalue weighted by atomic mass is 10.5. The van der Waals surface area contributed by atoms with Crippen LogP contribution in [-0.2, 0) is 14.9 Å². The van der Waals surface area contributed by atoms with Crippen LogP contribution in [0.3, 0.4) is 0 Å². The van der Waals surface area contributed by atoms with Gasteiger partial charge in [0.15, 0.2) is 0 Å². The van der Waals surface area contributed by atoms with E-state index in [1.54, 1.807) is 11.6 Å². The number of hydrogen-bond donors (Lipinski definition) is 1. The maximum Gasteiger partial charge on any atom is 0.421 e. The molecule has 0 aliphatic heterocycles. The van der Waals surface area contributed by atoms with Gasteiger partial charge in [0.2, 0.25) is 0 Å². The van der Waals surface area contributed by atoms with Crippen LogP contribution in [0, 0.1) is 0 Å². The van der Waals surface area contributed by atoms with Crippen LogP contribution in [0.2, 0.25) is 0 Å². The van der Waals surface area contributed by atoms with Gasteiger partial charge in [-0.25, -0.2) is 9.52 Å². The second-order valence-corrected chi connectivity index (χ2v) is 4.96. The lowest BCUT2D eigenvalue weighted by Crippen LogP contribution is -2.44. The molecule has 16 heavy (non-hydrogen) atoms. The lowest BCUT2D eigenvalue weighted by molar-refractivity contribution is 0.158. The highest BCUT2D eigenvalue weighted by atomic mass is 35.5. The van der Waals surface area contributed by atoms with Gasteiger partial charge in [-0.3, -0.25) is 0 Å². The van der Waals surface area contributed by atoms with Crippen molar-refractivity contribution in [3.63, 3.8) is 0 Å². The van der Waals surface area contributed by atoms with Crippen molar-refractivity contribution in [2.45, 2.75) is 20.3 Å². The number of halogens is 1. The zero-order valence-electron chi connectivity index (χ0n) is 9.40. The van der Waals surface area contributed by atoms with Crippen molar-refractivity contribution >= 4 is 27.9 Å². The van der Waals surface area contributed by atoms with Crippen LogP contribution < -0.4 is 4.72 Å². The summed E-state index contributed by atoms with van der Waals surface area (Å²) in [7, 11) is -3.84. The Morgan fingerprint density at radius 1 is 1.38 bits per heavy atom. The second kappa shape index (κ2) is 7.70. The number of rotatable bonds is 7. The van der Waals surface area contributed by atoms with Gasteiger partial charge in [-0.2, -0.15) is 12.7 Å². The minimum atomic E-state index is -3.84. The average Bonchev–Trinajstić information content (AvgIpc) is 2.17. The number of carbonyl (C=O) groups is 1. The molecule has 0 aromatic carbocycles. The topological polar surface area (TPSA) is 75.7 Å². The first-order chi connectivity index (χ1) is 7.47. The van der Waals surface area contributed by atoms with Crippen LogP contribution in [0.25, 0.3) is 0 Å². The summed E-state index contributed by atoms with van der Waals surface area (Å²) in [5, 5.41) is 0. The Bertz CT molecular complexity index is 301. The zero-order valence-corrected chi connectivity index (χ0v) is 11.0. The van der Waals surface area contributed by atoms with E-state index in [9.17, 15) is 13.2 Å². The van der Waals surface area contributed by atoms with E-state index in [1.165, 1.54) is 0 Å². The van der Waals surface area contributed by atoms with Crippen LogP contribution in [0.5, 0.6) is 0 Å². The number of nitrogens with one attached hydrogen (secondary N) is 1. The first-order valence-electron chi connectivity index (χ1n) is 4.98. The molecule has 1 amide bonds. The quantitative estimate of drug-likeness (QED) is 0.700. The van der Waals surface area contributed by atoms with Crippen LogP contribution in [-0.4, -0.2) is 44.4 Å². The summed E-state index contributed by atoms with van der Waals surface area (Å²) < 4.78 is 30.7. The van der Waals surface area contributed by atoms with Crippen molar-refractivity contribution in [2.24, 2.45) is 0 Å². The van der Waals surface area contributed by atoms with Gasteiger partial charge in [-0.05, 0) is 13.3 Å². The van der Waals surface area contributed by atoms with Crippen LogP contribution >= 0.6 is 11.6 Å². The van der Waals surface area contributed by atoms with Crippen molar-refractivity contribution in [1.29, 1.82) is 0 Å². The molecule has 0 heterocycles. The number of alkyl halides is 1. The molecule has 0 aromatic heterocycles. The van der Waals surface area contributed by atoms with Gasteiger partial charge >= 0.3 is 16.3 Å². The Balaban J connectivity index is 4.52. The molecule has 0 aliphatic carbocycles. The molecule has 0 atom stereocenters. The van der Waals surface area contributed by atoms with E-state index < -0.39 is 16.3 Å². The third-order valence-electron chi connectivity index (χ3n) is 1.63.